The van der Waals surface area contributed by atoms with E-state index in [1.54, 1.807) is 24.3 Å². The van der Waals surface area contributed by atoms with Crippen LogP contribution in [0.15, 0.2) is 42.5 Å². The molecule has 0 aliphatic rings. The van der Waals surface area contributed by atoms with Crippen molar-refractivity contribution >= 4 is 15.5 Å². The Bertz CT molecular complexity index is 684. The largest absolute Gasteiger partial charge is 0.399 e. The van der Waals surface area contributed by atoms with Gasteiger partial charge < -0.3 is 5.73 Å². The lowest BCUT2D eigenvalue weighted by Crippen LogP contribution is -2.08. The van der Waals surface area contributed by atoms with E-state index >= 15 is 0 Å². The van der Waals surface area contributed by atoms with Crippen LogP contribution in [-0.4, -0.2) is 8.42 Å². The van der Waals surface area contributed by atoms with Crippen molar-refractivity contribution in [2.75, 3.05) is 5.73 Å². The topological polar surface area (TPSA) is 60.2 Å². The van der Waals surface area contributed by atoms with E-state index in [0.29, 0.717) is 5.69 Å². The third kappa shape index (κ3) is 4.10. The summed E-state index contributed by atoms with van der Waals surface area (Å²) < 4.78 is 24.5. The standard InChI is InChI=1S/C16H19NO2S/c1-12-7-13(2)9-15(8-12)11-20(18,19)10-14-3-5-16(17)6-4-14/h3-9H,10-11,17H2,1-2H3. The van der Waals surface area contributed by atoms with E-state index in [1.807, 2.05) is 32.0 Å². The maximum atomic E-state index is 12.2. The van der Waals surface area contributed by atoms with Crippen LogP contribution >= 0.6 is 0 Å². The molecular weight excluding hydrogens is 270 g/mol. The maximum Gasteiger partial charge on any atom is 0.158 e. The van der Waals surface area contributed by atoms with Crippen LogP contribution in [0, 0.1) is 13.8 Å². The molecule has 20 heavy (non-hydrogen) atoms. The lowest BCUT2D eigenvalue weighted by Gasteiger charge is -2.07. The SMILES string of the molecule is Cc1cc(C)cc(CS(=O)(=O)Cc2ccc(N)cc2)c1. The van der Waals surface area contributed by atoms with E-state index in [2.05, 4.69) is 0 Å². The van der Waals surface area contributed by atoms with Crippen LogP contribution in [-0.2, 0) is 21.3 Å². The number of sulfone groups is 1. The van der Waals surface area contributed by atoms with Gasteiger partial charge in [-0.1, -0.05) is 41.5 Å². The van der Waals surface area contributed by atoms with Gasteiger partial charge in [-0.3, -0.25) is 0 Å². The smallest absolute Gasteiger partial charge is 0.158 e. The molecular formula is C16H19NO2S. The zero-order valence-corrected chi connectivity index (χ0v) is 12.6. The Morgan fingerprint density at radius 3 is 1.90 bits per heavy atom. The van der Waals surface area contributed by atoms with E-state index in [1.165, 1.54) is 0 Å². The second kappa shape index (κ2) is 5.67. The van der Waals surface area contributed by atoms with E-state index < -0.39 is 9.84 Å². The lowest BCUT2D eigenvalue weighted by molar-refractivity contribution is 0.594. The van der Waals surface area contributed by atoms with E-state index in [4.69, 9.17) is 5.73 Å². The van der Waals surface area contributed by atoms with Gasteiger partial charge in [0.05, 0.1) is 11.5 Å². The minimum absolute atomic E-state index is 0.0419. The molecule has 0 saturated heterocycles. The molecule has 0 spiro atoms. The number of nitrogen functional groups attached to an aromatic ring is 1. The van der Waals surface area contributed by atoms with Crippen LogP contribution in [0.5, 0.6) is 0 Å². The first-order valence-electron chi connectivity index (χ1n) is 6.46. The molecule has 0 aliphatic carbocycles. The monoisotopic (exact) mass is 289 g/mol. The van der Waals surface area contributed by atoms with Gasteiger partial charge in [0.1, 0.15) is 0 Å². The Balaban J connectivity index is 2.16. The number of aryl methyl sites for hydroxylation is 2. The summed E-state index contributed by atoms with van der Waals surface area (Å²) in [5.41, 5.74) is 10.0. The molecule has 0 bridgehead atoms. The van der Waals surface area contributed by atoms with Crippen LogP contribution in [0.4, 0.5) is 5.69 Å². The second-order valence-corrected chi connectivity index (χ2v) is 7.33. The highest BCUT2D eigenvalue weighted by Gasteiger charge is 2.13. The van der Waals surface area contributed by atoms with Crippen LogP contribution in [0.3, 0.4) is 0 Å². The molecule has 2 aromatic carbocycles. The Morgan fingerprint density at radius 1 is 0.850 bits per heavy atom. The van der Waals surface area contributed by atoms with Gasteiger partial charge in [-0.15, -0.1) is 0 Å². The summed E-state index contributed by atoms with van der Waals surface area (Å²) in [4.78, 5) is 0. The summed E-state index contributed by atoms with van der Waals surface area (Å²) in [6, 6.07) is 12.9. The maximum absolute atomic E-state index is 12.2. The zero-order valence-electron chi connectivity index (χ0n) is 11.8. The molecule has 0 unspecified atom stereocenters. The van der Waals surface area contributed by atoms with Crippen LogP contribution in [0.25, 0.3) is 0 Å². The summed E-state index contributed by atoms with van der Waals surface area (Å²) in [7, 11) is -3.17. The first-order valence-corrected chi connectivity index (χ1v) is 8.28. The average molecular weight is 289 g/mol. The minimum Gasteiger partial charge on any atom is -0.399 e. The number of nitrogens with two attached hydrogens (primary N) is 1. The van der Waals surface area contributed by atoms with Crippen molar-refractivity contribution in [2.24, 2.45) is 0 Å². The molecule has 0 aromatic heterocycles. The molecule has 0 aliphatic heterocycles. The van der Waals surface area contributed by atoms with Crippen LogP contribution < -0.4 is 5.73 Å². The highest BCUT2D eigenvalue weighted by Crippen LogP contribution is 2.16. The highest BCUT2D eigenvalue weighted by molar-refractivity contribution is 7.89. The number of benzene rings is 2. The molecule has 106 valence electrons. The van der Waals surface area contributed by atoms with E-state index in [0.717, 1.165) is 22.3 Å². The molecule has 0 saturated carbocycles. The third-order valence-corrected chi connectivity index (χ3v) is 4.58. The first-order chi connectivity index (χ1) is 9.34. The van der Waals surface area contributed by atoms with Gasteiger partial charge in [-0.2, -0.15) is 0 Å². The van der Waals surface area contributed by atoms with Crippen molar-refractivity contribution in [3.8, 4) is 0 Å². The fourth-order valence-electron chi connectivity index (χ4n) is 2.33. The predicted octanol–water partition coefficient (Wildman–Crippen LogP) is 3.00. The van der Waals surface area contributed by atoms with Crippen molar-refractivity contribution in [1.29, 1.82) is 0 Å². The Labute approximate surface area is 120 Å². The van der Waals surface area contributed by atoms with Gasteiger partial charge in [0.15, 0.2) is 9.84 Å². The lowest BCUT2D eigenvalue weighted by atomic mass is 10.1. The van der Waals surface area contributed by atoms with Crippen molar-refractivity contribution < 1.29 is 8.42 Å². The molecule has 0 fully saturated rings. The molecule has 0 radical (unpaired) electrons. The van der Waals surface area contributed by atoms with Crippen molar-refractivity contribution in [3.05, 3.63) is 64.7 Å². The molecule has 0 amide bonds. The van der Waals surface area contributed by atoms with Gasteiger partial charge in [0.25, 0.3) is 0 Å². The zero-order chi connectivity index (χ0) is 14.8. The normalized spacial score (nSPS) is 11.5. The summed E-state index contributed by atoms with van der Waals surface area (Å²) in [6.45, 7) is 3.95. The van der Waals surface area contributed by atoms with Gasteiger partial charge in [0.2, 0.25) is 0 Å². The summed E-state index contributed by atoms with van der Waals surface area (Å²) in [5, 5.41) is 0. The van der Waals surface area contributed by atoms with E-state index in [9.17, 15) is 8.42 Å². The molecule has 0 heterocycles. The highest BCUT2D eigenvalue weighted by atomic mass is 32.2. The Hall–Kier alpha value is -1.81. The molecule has 4 heteroatoms. The van der Waals surface area contributed by atoms with Crippen molar-refractivity contribution in [2.45, 2.75) is 25.4 Å². The fourth-order valence-corrected chi connectivity index (χ4v) is 3.80. The van der Waals surface area contributed by atoms with Crippen LogP contribution in [0.1, 0.15) is 22.3 Å². The van der Waals surface area contributed by atoms with Gasteiger partial charge in [-0.25, -0.2) is 8.42 Å². The molecule has 0 atom stereocenters. The van der Waals surface area contributed by atoms with Gasteiger partial charge >= 0.3 is 0 Å². The number of anilines is 1. The Morgan fingerprint density at radius 2 is 1.35 bits per heavy atom. The van der Waals surface area contributed by atoms with Crippen molar-refractivity contribution in [1.82, 2.24) is 0 Å². The summed E-state index contributed by atoms with van der Waals surface area (Å²) in [5.74, 6) is 0.111. The molecule has 2 N–H and O–H groups in total. The molecule has 2 aromatic rings. The first kappa shape index (κ1) is 14.6. The molecule has 3 nitrogen and oxygen atoms in total. The number of hydrogen-bond donors (Lipinski definition) is 1. The second-order valence-electron chi connectivity index (χ2n) is 5.27. The number of rotatable bonds is 4. The fraction of sp³-hybridized carbons (Fsp3) is 0.250. The summed E-state index contributed by atoms with van der Waals surface area (Å²) in [6.07, 6.45) is 0. The van der Waals surface area contributed by atoms with Crippen LogP contribution in [0.2, 0.25) is 0 Å². The van der Waals surface area contributed by atoms with Gasteiger partial charge in [-0.05, 0) is 37.1 Å². The Kier molecular flexibility index (Phi) is 4.14. The van der Waals surface area contributed by atoms with E-state index in [-0.39, 0.29) is 11.5 Å². The third-order valence-electron chi connectivity index (χ3n) is 3.03. The number of hydrogen-bond acceptors (Lipinski definition) is 3. The van der Waals surface area contributed by atoms with Crippen molar-refractivity contribution in [3.63, 3.8) is 0 Å². The van der Waals surface area contributed by atoms with Gasteiger partial charge in [0, 0.05) is 5.69 Å². The quantitative estimate of drug-likeness (QED) is 0.880. The predicted molar refractivity (Wildman–Crippen MR) is 83.1 cm³/mol. The average Bonchev–Trinajstić information content (AvgIpc) is 2.29. The summed E-state index contributed by atoms with van der Waals surface area (Å²) >= 11 is 0. The minimum atomic E-state index is -3.17. The molecule has 2 rings (SSSR count).